The third kappa shape index (κ3) is 5.87. The van der Waals surface area contributed by atoms with Gasteiger partial charge in [-0.3, -0.25) is 9.59 Å². The number of carboxylic acid groups (broad SMARTS) is 1. The van der Waals surface area contributed by atoms with E-state index in [9.17, 15) is 9.59 Å². The van der Waals surface area contributed by atoms with Crippen LogP contribution in [0.25, 0.3) is 0 Å². The summed E-state index contributed by atoms with van der Waals surface area (Å²) in [5, 5.41) is 11.4. The molecule has 0 fully saturated rings. The second kappa shape index (κ2) is 8.35. The van der Waals surface area contributed by atoms with Crippen LogP contribution in [-0.2, 0) is 4.79 Å². The summed E-state index contributed by atoms with van der Waals surface area (Å²) >= 11 is 0. The summed E-state index contributed by atoms with van der Waals surface area (Å²) < 4.78 is 0. The van der Waals surface area contributed by atoms with E-state index < -0.39 is 5.97 Å². The normalized spacial score (nSPS) is 10.3. The summed E-state index contributed by atoms with van der Waals surface area (Å²) in [7, 11) is 0. The molecule has 2 N–H and O–H groups in total. The van der Waals surface area contributed by atoms with Gasteiger partial charge in [-0.25, -0.2) is 0 Å². The first-order valence-electron chi connectivity index (χ1n) is 7.08. The fourth-order valence-corrected chi connectivity index (χ4v) is 1.94. The summed E-state index contributed by atoms with van der Waals surface area (Å²) in [4.78, 5) is 22.2. The molecule has 1 aromatic rings. The molecule has 0 aromatic heterocycles. The number of aliphatic carboxylic acids is 1. The molecule has 20 heavy (non-hydrogen) atoms. The Balaban J connectivity index is 2.20. The van der Waals surface area contributed by atoms with Gasteiger partial charge in [-0.05, 0) is 49.9 Å². The van der Waals surface area contributed by atoms with E-state index in [1.165, 1.54) is 5.56 Å². The molecule has 110 valence electrons. The predicted octanol–water partition coefficient (Wildman–Crippen LogP) is 3.07. The fraction of sp³-hybridized carbons (Fsp3) is 0.500. The van der Waals surface area contributed by atoms with E-state index in [0.29, 0.717) is 18.5 Å². The lowest BCUT2D eigenvalue weighted by Crippen LogP contribution is -2.24. The van der Waals surface area contributed by atoms with Crippen LogP contribution in [0.15, 0.2) is 18.2 Å². The highest BCUT2D eigenvalue weighted by atomic mass is 16.4. The van der Waals surface area contributed by atoms with Crippen LogP contribution in [0.3, 0.4) is 0 Å². The van der Waals surface area contributed by atoms with Gasteiger partial charge in [0, 0.05) is 18.5 Å². The summed E-state index contributed by atoms with van der Waals surface area (Å²) in [5.74, 6) is -0.785. The number of benzene rings is 1. The van der Waals surface area contributed by atoms with Gasteiger partial charge in [0.1, 0.15) is 0 Å². The first-order chi connectivity index (χ1) is 9.50. The zero-order valence-corrected chi connectivity index (χ0v) is 12.2. The Labute approximate surface area is 120 Å². The summed E-state index contributed by atoms with van der Waals surface area (Å²) in [6.45, 7) is 4.65. The summed E-state index contributed by atoms with van der Waals surface area (Å²) in [5.41, 5.74) is 2.99. The van der Waals surface area contributed by atoms with Crippen molar-refractivity contribution >= 4 is 11.9 Å². The average molecular weight is 277 g/mol. The van der Waals surface area contributed by atoms with Crippen LogP contribution in [-0.4, -0.2) is 23.5 Å². The van der Waals surface area contributed by atoms with Gasteiger partial charge in [-0.15, -0.1) is 0 Å². The minimum atomic E-state index is -0.743. The highest BCUT2D eigenvalue weighted by Crippen LogP contribution is 2.09. The molecule has 0 bridgehead atoms. The highest BCUT2D eigenvalue weighted by Gasteiger charge is 2.05. The van der Waals surface area contributed by atoms with Crippen LogP contribution in [0, 0.1) is 13.8 Å². The number of hydrogen-bond donors (Lipinski definition) is 2. The zero-order chi connectivity index (χ0) is 15.0. The maximum absolute atomic E-state index is 11.9. The molecular weight excluding hydrogens is 254 g/mol. The topological polar surface area (TPSA) is 66.4 Å². The number of aryl methyl sites for hydroxylation is 2. The minimum absolute atomic E-state index is 0.0429. The van der Waals surface area contributed by atoms with Gasteiger partial charge in [-0.1, -0.05) is 18.9 Å². The van der Waals surface area contributed by atoms with Crippen LogP contribution in [0.1, 0.15) is 53.6 Å². The minimum Gasteiger partial charge on any atom is -0.481 e. The maximum atomic E-state index is 11.9. The number of carbonyl (C=O) groups is 2. The third-order valence-corrected chi connectivity index (χ3v) is 3.37. The van der Waals surface area contributed by atoms with E-state index >= 15 is 0 Å². The van der Waals surface area contributed by atoms with Gasteiger partial charge in [0.05, 0.1) is 0 Å². The molecule has 0 aliphatic rings. The van der Waals surface area contributed by atoms with Gasteiger partial charge in [-0.2, -0.15) is 0 Å². The summed E-state index contributed by atoms with van der Waals surface area (Å²) in [6.07, 6.45) is 3.66. The van der Waals surface area contributed by atoms with Crippen LogP contribution in [0.4, 0.5) is 0 Å². The van der Waals surface area contributed by atoms with E-state index in [1.807, 2.05) is 32.0 Å². The molecule has 0 unspecified atom stereocenters. The van der Waals surface area contributed by atoms with Crippen LogP contribution < -0.4 is 5.32 Å². The van der Waals surface area contributed by atoms with Gasteiger partial charge in [0.25, 0.3) is 5.91 Å². The van der Waals surface area contributed by atoms with Crippen molar-refractivity contribution in [2.75, 3.05) is 6.54 Å². The van der Waals surface area contributed by atoms with E-state index in [2.05, 4.69) is 5.32 Å². The van der Waals surface area contributed by atoms with E-state index in [-0.39, 0.29) is 12.3 Å². The van der Waals surface area contributed by atoms with Crippen molar-refractivity contribution in [1.82, 2.24) is 5.32 Å². The largest absolute Gasteiger partial charge is 0.481 e. The van der Waals surface area contributed by atoms with E-state index in [4.69, 9.17) is 5.11 Å². The Kier molecular flexibility index (Phi) is 6.77. The fourth-order valence-electron chi connectivity index (χ4n) is 1.94. The monoisotopic (exact) mass is 277 g/mol. The molecule has 0 saturated heterocycles. The second-order valence-corrected chi connectivity index (χ2v) is 5.11. The molecular formula is C16H23NO3. The lowest BCUT2D eigenvalue weighted by molar-refractivity contribution is -0.137. The van der Waals surface area contributed by atoms with Crippen molar-refractivity contribution in [3.8, 4) is 0 Å². The Hall–Kier alpha value is -1.84. The molecule has 0 saturated carbocycles. The number of amides is 1. The third-order valence-electron chi connectivity index (χ3n) is 3.37. The second-order valence-electron chi connectivity index (χ2n) is 5.11. The Morgan fingerprint density at radius 1 is 1.05 bits per heavy atom. The van der Waals surface area contributed by atoms with Crippen LogP contribution >= 0.6 is 0 Å². The van der Waals surface area contributed by atoms with Crippen LogP contribution in [0.5, 0.6) is 0 Å². The SMILES string of the molecule is Cc1ccc(C(=O)NCCCCCCC(=O)O)cc1C. The Morgan fingerprint density at radius 3 is 2.40 bits per heavy atom. The first kappa shape index (κ1) is 16.2. The number of hydrogen-bond acceptors (Lipinski definition) is 2. The van der Waals surface area contributed by atoms with Gasteiger partial charge >= 0.3 is 5.97 Å². The number of carbonyl (C=O) groups excluding carboxylic acids is 1. The molecule has 0 aliphatic carbocycles. The van der Waals surface area contributed by atoms with Crippen molar-refractivity contribution in [2.24, 2.45) is 0 Å². The summed E-state index contributed by atoms with van der Waals surface area (Å²) in [6, 6.07) is 5.69. The molecule has 0 atom stereocenters. The van der Waals surface area contributed by atoms with Gasteiger partial charge < -0.3 is 10.4 Å². The molecule has 0 heterocycles. The maximum Gasteiger partial charge on any atom is 0.303 e. The van der Waals surface area contributed by atoms with Crippen molar-refractivity contribution in [1.29, 1.82) is 0 Å². The molecule has 1 aromatic carbocycles. The standard InChI is InChI=1S/C16H23NO3/c1-12-8-9-14(11-13(12)2)16(20)17-10-6-4-3-5-7-15(18)19/h8-9,11H,3-7,10H2,1-2H3,(H,17,20)(H,18,19). The first-order valence-corrected chi connectivity index (χ1v) is 7.08. The van der Waals surface area contributed by atoms with Gasteiger partial charge in [0.2, 0.25) is 0 Å². The Morgan fingerprint density at radius 2 is 1.75 bits per heavy atom. The lowest BCUT2D eigenvalue weighted by atomic mass is 10.1. The lowest BCUT2D eigenvalue weighted by Gasteiger charge is -2.07. The van der Waals surface area contributed by atoms with E-state index in [1.54, 1.807) is 0 Å². The van der Waals surface area contributed by atoms with Gasteiger partial charge in [0.15, 0.2) is 0 Å². The molecule has 0 aliphatic heterocycles. The zero-order valence-electron chi connectivity index (χ0n) is 12.2. The van der Waals surface area contributed by atoms with Crippen molar-refractivity contribution < 1.29 is 14.7 Å². The molecule has 0 radical (unpaired) electrons. The van der Waals surface area contributed by atoms with Crippen molar-refractivity contribution in [3.63, 3.8) is 0 Å². The number of nitrogens with one attached hydrogen (secondary N) is 1. The molecule has 0 spiro atoms. The van der Waals surface area contributed by atoms with Crippen molar-refractivity contribution in [2.45, 2.75) is 46.0 Å². The number of carboxylic acids is 1. The smallest absolute Gasteiger partial charge is 0.303 e. The van der Waals surface area contributed by atoms with Crippen molar-refractivity contribution in [3.05, 3.63) is 34.9 Å². The molecule has 1 rings (SSSR count). The van der Waals surface area contributed by atoms with Crippen LogP contribution in [0.2, 0.25) is 0 Å². The quantitative estimate of drug-likeness (QED) is 0.718. The predicted molar refractivity (Wildman–Crippen MR) is 79.0 cm³/mol. The molecule has 4 heteroatoms. The molecule has 4 nitrogen and oxygen atoms in total. The van der Waals surface area contributed by atoms with E-state index in [0.717, 1.165) is 24.8 Å². The Bertz CT molecular complexity index is 469. The average Bonchev–Trinajstić information content (AvgIpc) is 2.40. The highest BCUT2D eigenvalue weighted by molar-refractivity contribution is 5.94. The number of unbranched alkanes of at least 4 members (excludes halogenated alkanes) is 3. The molecule has 1 amide bonds. The number of rotatable bonds is 8.